The molecule has 2 aliphatic rings. The second-order valence-corrected chi connectivity index (χ2v) is 10.2. The van der Waals surface area contributed by atoms with Gasteiger partial charge in [-0.1, -0.05) is 24.3 Å². The predicted octanol–water partition coefficient (Wildman–Crippen LogP) is 3.69. The van der Waals surface area contributed by atoms with Gasteiger partial charge in [-0.3, -0.25) is 9.69 Å². The number of piperazine rings is 1. The summed E-state index contributed by atoms with van der Waals surface area (Å²) < 4.78 is 5.55. The minimum Gasteiger partial charge on any atom is -0.444 e. The number of para-hydroxylation sites is 2. The van der Waals surface area contributed by atoms with Crippen molar-refractivity contribution in [1.82, 2.24) is 25.1 Å². The number of nitrogens with one attached hydrogen (secondary N) is 2. The zero-order chi connectivity index (χ0) is 23.9. The molecule has 34 heavy (non-hydrogen) atoms. The monoisotopic (exact) mass is 461 g/mol. The molecule has 2 fully saturated rings. The lowest BCUT2D eigenvalue weighted by molar-refractivity contribution is 0.0124. The third kappa shape index (κ3) is 4.77. The van der Waals surface area contributed by atoms with Gasteiger partial charge < -0.3 is 19.9 Å². The average molecular weight is 462 g/mol. The molecular formula is C26H31N5O3. The maximum atomic E-state index is 12.6. The lowest BCUT2D eigenvalue weighted by Gasteiger charge is -2.35. The van der Waals surface area contributed by atoms with E-state index >= 15 is 0 Å². The number of carbonyl (C=O) groups is 2. The van der Waals surface area contributed by atoms with Crippen LogP contribution in [0, 0.1) is 0 Å². The molecule has 8 heteroatoms. The average Bonchev–Trinajstić information content (AvgIpc) is 3.50. The van der Waals surface area contributed by atoms with Crippen molar-refractivity contribution in [3.05, 3.63) is 65.5 Å². The van der Waals surface area contributed by atoms with Crippen molar-refractivity contribution in [2.45, 2.75) is 58.0 Å². The Morgan fingerprint density at radius 2 is 1.85 bits per heavy atom. The van der Waals surface area contributed by atoms with Crippen LogP contribution >= 0.6 is 0 Å². The van der Waals surface area contributed by atoms with Crippen LogP contribution in [0.2, 0.25) is 0 Å². The first-order valence-corrected chi connectivity index (χ1v) is 11.8. The standard InChI is InChI=1S/C26H31N5O3/c1-26(2,3)34-25(33)31-16-19-12-20(31)15-30(19)14-17-8-10-18(11-9-17)24(32)27-13-23-28-21-6-4-5-7-22(21)29-23/h4-11,19-20H,12-16H2,1-3H3,(H,27,32)(H,28,29). The van der Waals surface area contributed by atoms with E-state index in [1.54, 1.807) is 0 Å². The van der Waals surface area contributed by atoms with E-state index in [9.17, 15) is 9.59 Å². The summed E-state index contributed by atoms with van der Waals surface area (Å²) in [7, 11) is 0. The van der Waals surface area contributed by atoms with Crippen LogP contribution in [0.1, 0.15) is 48.9 Å². The van der Waals surface area contributed by atoms with E-state index in [0.717, 1.165) is 41.9 Å². The fraction of sp³-hybridized carbons (Fsp3) is 0.423. The molecular weight excluding hydrogens is 430 g/mol. The van der Waals surface area contributed by atoms with Crippen molar-refractivity contribution in [3.63, 3.8) is 0 Å². The number of carbonyl (C=O) groups excluding carboxylic acids is 2. The number of hydrogen-bond donors (Lipinski definition) is 2. The van der Waals surface area contributed by atoms with Crippen molar-refractivity contribution in [2.24, 2.45) is 0 Å². The van der Waals surface area contributed by atoms with Crippen LogP contribution in [0.15, 0.2) is 48.5 Å². The van der Waals surface area contributed by atoms with E-state index in [1.165, 1.54) is 0 Å². The number of fused-ring (bicyclic) bond motifs is 3. The van der Waals surface area contributed by atoms with E-state index < -0.39 is 5.60 Å². The summed E-state index contributed by atoms with van der Waals surface area (Å²) in [5.41, 5.74) is 3.16. The minimum atomic E-state index is -0.474. The number of benzene rings is 2. The molecule has 2 amide bonds. The van der Waals surface area contributed by atoms with Gasteiger partial charge in [0.15, 0.2) is 0 Å². The van der Waals surface area contributed by atoms with Gasteiger partial charge in [0.05, 0.1) is 17.6 Å². The molecule has 2 unspecified atom stereocenters. The van der Waals surface area contributed by atoms with Gasteiger partial charge in [-0.2, -0.15) is 0 Å². The number of ether oxygens (including phenoxy) is 1. The predicted molar refractivity (Wildman–Crippen MR) is 129 cm³/mol. The van der Waals surface area contributed by atoms with E-state index in [0.29, 0.717) is 24.7 Å². The second-order valence-electron chi connectivity index (χ2n) is 10.2. The van der Waals surface area contributed by atoms with Crippen LogP contribution in [0.4, 0.5) is 4.79 Å². The summed E-state index contributed by atoms with van der Waals surface area (Å²) in [6.45, 7) is 8.41. The van der Waals surface area contributed by atoms with Gasteiger partial charge in [-0.15, -0.1) is 0 Å². The Balaban J connectivity index is 1.12. The number of aromatic nitrogens is 2. The Hall–Kier alpha value is -3.39. The second kappa shape index (κ2) is 8.76. The summed E-state index contributed by atoms with van der Waals surface area (Å²) in [5, 5.41) is 2.93. The number of aromatic amines is 1. The third-order valence-corrected chi connectivity index (χ3v) is 6.44. The van der Waals surface area contributed by atoms with E-state index in [4.69, 9.17) is 4.74 Å². The van der Waals surface area contributed by atoms with Gasteiger partial charge in [-0.25, -0.2) is 9.78 Å². The van der Waals surface area contributed by atoms with Crippen LogP contribution in [0.25, 0.3) is 11.0 Å². The largest absolute Gasteiger partial charge is 0.444 e. The number of amides is 2. The van der Waals surface area contributed by atoms with Crippen molar-refractivity contribution in [2.75, 3.05) is 13.1 Å². The highest BCUT2D eigenvalue weighted by molar-refractivity contribution is 5.94. The molecule has 2 atom stereocenters. The summed E-state index contributed by atoms with van der Waals surface area (Å²) in [6, 6.07) is 16.1. The van der Waals surface area contributed by atoms with Crippen molar-refractivity contribution in [1.29, 1.82) is 0 Å². The van der Waals surface area contributed by atoms with Gasteiger partial charge in [0.25, 0.3) is 5.91 Å². The van der Waals surface area contributed by atoms with Crippen molar-refractivity contribution in [3.8, 4) is 0 Å². The van der Waals surface area contributed by atoms with Gasteiger partial charge >= 0.3 is 6.09 Å². The zero-order valence-corrected chi connectivity index (χ0v) is 19.9. The smallest absolute Gasteiger partial charge is 0.410 e. The lowest BCUT2D eigenvalue weighted by Crippen LogP contribution is -2.49. The number of hydrogen-bond acceptors (Lipinski definition) is 5. The maximum Gasteiger partial charge on any atom is 0.410 e. The number of likely N-dealkylation sites (tertiary alicyclic amines) is 2. The zero-order valence-electron chi connectivity index (χ0n) is 19.9. The molecule has 0 radical (unpaired) electrons. The molecule has 0 spiro atoms. The van der Waals surface area contributed by atoms with Crippen molar-refractivity contribution < 1.29 is 14.3 Å². The van der Waals surface area contributed by atoms with E-state index in [2.05, 4.69) is 20.2 Å². The third-order valence-electron chi connectivity index (χ3n) is 6.44. The normalized spacial score (nSPS) is 20.1. The highest BCUT2D eigenvalue weighted by Crippen LogP contribution is 2.33. The van der Waals surface area contributed by atoms with Crippen LogP contribution in [-0.4, -0.2) is 62.5 Å². The first-order chi connectivity index (χ1) is 16.2. The molecule has 1 aromatic heterocycles. The highest BCUT2D eigenvalue weighted by Gasteiger charge is 2.46. The summed E-state index contributed by atoms with van der Waals surface area (Å²) in [6.07, 6.45) is 0.777. The fourth-order valence-electron chi connectivity index (χ4n) is 4.84. The Morgan fingerprint density at radius 1 is 1.09 bits per heavy atom. The molecule has 3 heterocycles. The van der Waals surface area contributed by atoms with E-state index in [-0.39, 0.29) is 18.0 Å². The van der Waals surface area contributed by atoms with E-state index in [1.807, 2.05) is 74.2 Å². The number of nitrogens with zero attached hydrogens (tertiary/aromatic N) is 3. The Bertz CT molecular complexity index is 1160. The molecule has 2 saturated heterocycles. The molecule has 2 aromatic carbocycles. The van der Waals surface area contributed by atoms with Gasteiger partial charge in [0.2, 0.25) is 0 Å². The topological polar surface area (TPSA) is 90.6 Å². The van der Waals surface area contributed by atoms with Gasteiger partial charge in [0.1, 0.15) is 11.4 Å². The Labute approximate surface area is 199 Å². The molecule has 0 saturated carbocycles. The number of H-pyrrole nitrogens is 1. The number of rotatable bonds is 5. The highest BCUT2D eigenvalue weighted by atomic mass is 16.6. The lowest BCUT2D eigenvalue weighted by atomic mass is 10.1. The molecule has 3 aromatic rings. The quantitative estimate of drug-likeness (QED) is 0.605. The first kappa shape index (κ1) is 22.4. The minimum absolute atomic E-state index is 0.125. The molecule has 0 aliphatic carbocycles. The molecule has 178 valence electrons. The van der Waals surface area contributed by atoms with Crippen LogP contribution < -0.4 is 5.32 Å². The van der Waals surface area contributed by atoms with Crippen LogP contribution in [-0.2, 0) is 17.8 Å². The Kier molecular flexibility index (Phi) is 5.77. The molecule has 2 N–H and O–H groups in total. The Morgan fingerprint density at radius 3 is 2.53 bits per heavy atom. The van der Waals surface area contributed by atoms with Crippen LogP contribution in [0.5, 0.6) is 0 Å². The summed E-state index contributed by atoms with van der Waals surface area (Å²) in [4.78, 5) is 37.0. The van der Waals surface area contributed by atoms with Gasteiger partial charge in [-0.05, 0) is 57.0 Å². The molecule has 2 bridgehead atoms. The molecule has 2 aliphatic heterocycles. The fourth-order valence-corrected chi connectivity index (χ4v) is 4.84. The maximum absolute atomic E-state index is 12.6. The summed E-state index contributed by atoms with van der Waals surface area (Å²) >= 11 is 0. The SMILES string of the molecule is CC(C)(C)OC(=O)N1CC2CC1CN2Cc1ccc(C(=O)NCc2nc3ccccc3[nH]2)cc1. The summed E-state index contributed by atoms with van der Waals surface area (Å²) in [5.74, 6) is 0.607. The number of imidazole rings is 1. The molecule has 8 nitrogen and oxygen atoms in total. The van der Waals surface area contributed by atoms with Gasteiger partial charge in [0, 0.05) is 37.3 Å². The molecule has 5 rings (SSSR count). The van der Waals surface area contributed by atoms with Crippen molar-refractivity contribution >= 4 is 23.0 Å². The first-order valence-electron chi connectivity index (χ1n) is 11.8. The van der Waals surface area contributed by atoms with Crippen LogP contribution in [0.3, 0.4) is 0 Å².